The molecule has 76 valence electrons. The molecule has 0 saturated heterocycles. The topological polar surface area (TPSA) is 77.8 Å². The molecular weight excluding hydrogens is 208 g/mol. The normalized spacial score (nSPS) is 10.1. The van der Waals surface area contributed by atoms with E-state index in [9.17, 15) is 0 Å². The van der Waals surface area contributed by atoms with Crippen LogP contribution >= 0.6 is 11.8 Å². The summed E-state index contributed by atoms with van der Waals surface area (Å²) >= 11 is 1.45. The highest BCUT2D eigenvalue weighted by Gasteiger charge is 2.01. The molecule has 4 nitrogen and oxygen atoms in total. The van der Waals surface area contributed by atoms with E-state index in [1.54, 1.807) is 12.3 Å². The number of rotatable bonds is 2. The first-order valence-electron chi connectivity index (χ1n) is 4.36. The molecular formula is C10H10N4S. The van der Waals surface area contributed by atoms with Crippen molar-refractivity contribution in [3.63, 3.8) is 0 Å². The molecule has 5 heteroatoms. The second-order valence-electron chi connectivity index (χ2n) is 2.89. The third kappa shape index (κ3) is 2.38. The van der Waals surface area contributed by atoms with Crippen LogP contribution in [0.1, 0.15) is 0 Å². The molecule has 0 aliphatic heterocycles. The quantitative estimate of drug-likeness (QED) is 0.803. The molecule has 0 aliphatic carbocycles. The molecule has 0 bridgehead atoms. The summed E-state index contributed by atoms with van der Waals surface area (Å²) in [5.74, 6) is 0.357. The van der Waals surface area contributed by atoms with Gasteiger partial charge in [0.1, 0.15) is 15.9 Å². The van der Waals surface area contributed by atoms with E-state index in [-0.39, 0.29) is 0 Å². The van der Waals surface area contributed by atoms with Crippen molar-refractivity contribution in [1.29, 1.82) is 0 Å². The summed E-state index contributed by atoms with van der Waals surface area (Å²) in [6, 6.07) is 9.28. The van der Waals surface area contributed by atoms with Crippen LogP contribution in [-0.2, 0) is 0 Å². The summed E-state index contributed by atoms with van der Waals surface area (Å²) in [6.45, 7) is 0. The number of hydrogen-bond acceptors (Lipinski definition) is 5. The van der Waals surface area contributed by atoms with E-state index in [4.69, 9.17) is 11.5 Å². The molecule has 2 aromatic heterocycles. The van der Waals surface area contributed by atoms with E-state index >= 15 is 0 Å². The average Bonchev–Trinajstić information content (AvgIpc) is 2.25. The lowest BCUT2D eigenvalue weighted by molar-refractivity contribution is 1.10. The van der Waals surface area contributed by atoms with Crippen molar-refractivity contribution in [2.24, 2.45) is 0 Å². The number of nitrogens with two attached hydrogens (primary N) is 2. The zero-order valence-electron chi connectivity index (χ0n) is 7.92. The van der Waals surface area contributed by atoms with Crippen molar-refractivity contribution < 1.29 is 0 Å². The minimum Gasteiger partial charge on any atom is -0.396 e. The van der Waals surface area contributed by atoms with E-state index in [0.29, 0.717) is 11.5 Å². The van der Waals surface area contributed by atoms with Gasteiger partial charge in [-0.2, -0.15) is 0 Å². The van der Waals surface area contributed by atoms with Crippen molar-refractivity contribution in [2.45, 2.75) is 10.1 Å². The molecule has 0 aliphatic rings. The third-order valence-corrected chi connectivity index (χ3v) is 2.67. The fourth-order valence-electron chi connectivity index (χ4n) is 1.04. The van der Waals surface area contributed by atoms with Crippen molar-refractivity contribution in [3.8, 4) is 0 Å². The predicted octanol–water partition coefficient (Wildman–Crippen LogP) is 1.79. The van der Waals surface area contributed by atoms with E-state index in [0.717, 1.165) is 10.1 Å². The van der Waals surface area contributed by atoms with Gasteiger partial charge in [0.15, 0.2) is 0 Å². The number of pyridine rings is 2. The predicted molar refractivity (Wildman–Crippen MR) is 61.4 cm³/mol. The Morgan fingerprint density at radius 1 is 1.00 bits per heavy atom. The summed E-state index contributed by atoms with van der Waals surface area (Å²) in [4.78, 5) is 8.32. The zero-order valence-corrected chi connectivity index (χ0v) is 8.74. The van der Waals surface area contributed by atoms with Gasteiger partial charge < -0.3 is 11.5 Å². The number of aromatic nitrogens is 2. The molecule has 15 heavy (non-hydrogen) atoms. The molecule has 0 saturated carbocycles. The van der Waals surface area contributed by atoms with Gasteiger partial charge in [-0.15, -0.1) is 0 Å². The molecule has 0 spiro atoms. The summed E-state index contributed by atoms with van der Waals surface area (Å²) in [7, 11) is 0. The molecule has 2 aromatic rings. The standard InChI is InChI=1S/C10H10N4S/c11-7-4-5-9(14-10(7)12)15-8-3-1-2-6-13-8/h1-6H,11H2,(H2,12,14). The van der Waals surface area contributed by atoms with Gasteiger partial charge in [-0.3, -0.25) is 0 Å². The van der Waals surface area contributed by atoms with E-state index in [1.165, 1.54) is 11.8 Å². The number of nitrogens with zero attached hydrogens (tertiary/aromatic N) is 2. The summed E-state index contributed by atoms with van der Waals surface area (Å²) in [6.07, 6.45) is 1.74. The maximum absolute atomic E-state index is 5.60. The first kappa shape index (κ1) is 9.79. The minimum atomic E-state index is 0.357. The molecule has 0 amide bonds. The first-order valence-corrected chi connectivity index (χ1v) is 5.18. The van der Waals surface area contributed by atoms with Gasteiger partial charge in [0, 0.05) is 6.20 Å². The van der Waals surface area contributed by atoms with E-state index in [2.05, 4.69) is 9.97 Å². The number of nitrogen functional groups attached to an aromatic ring is 2. The Bertz CT molecular complexity index is 458. The molecule has 0 unspecified atom stereocenters. The van der Waals surface area contributed by atoms with Gasteiger partial charge in [-0.25, -0.2) is 9.97 Å². The second kappa shape index (κ2) is 4.18. The lowest BCUT2D eigenvalue weighted by Crippen LogP contribution is -1.97. The molecule has 0 atom stereocenters. The van der Waals surface area contributed by atoms with Crippen LogP contribution in [0.5, 0.6) is 0 Å². The molecule has 0 fully saturated rings. The van der Waals surface area contributed by atoms with Crippen LogP contribution < -0.4 is 11.5 Å². The van der Waals surface area contributed by atoms with Crippen molar-refractivity contribution in [3.05, 3.63) is 36.5 Å². The Hall–Kier alpha value is -1.75. The third-order valence-electron chi connectivity index (χ3n) is 1.78. The minimum absolute atomic E-state index is 0.357. The van der Waals surface area contributed by atoms with Crippen LogP contribution in [0, 0.1) is 0 Å². The fourth-order valence-corrected chi connectivity index (χ4v) is 1.79. The molecule has 0 radical (unpaired) electrons. The second-order valence-corrected chi connectivity index (χ2v) is 3.93. The van der Waals surface area contributed by atoms with Gasteiger partial charge in [0.05, 0.1) is 5.69 Å². The first-order chi connectivity index (χ1) is 7.25. The highest BCUT2D eigenvalue weighted by molar-refractivity contribution is 7.99. The Kier molecular flexibility index (Phi) is 2.73. The van der Waals surface area contributed by atoms with E-state index in [1.807, 2.05) is 24.3 Å². The average molecular weight is 218 g/mol. The van der Waals surface area contributed by atoms with Crippen molar-refractivity contribution in [1.82, 2.24) is 9.97 Å². The van der Waals surface area contributed by atoms with Gasteiger partial charge in [-0.1, -0.05) is 17.8 Å². The zero-order chi connectivity index (χ0) is 10.7. The Morgan fingerprint density at radius 3 is 2.53 bits per heavy atom. The van der Waals surface area contributed by atoms with Crippen molar-refractivity contribution in [2.75, 3.05) is 11.5 Å². The molecule has 2 rings (SSSR count). The summed E-state index contributed by atoms with van der Waals surface area (Å²) < 4.78 is 0. The van der Waals surface area contributed by atoms with Crippen LogP contribution in [-0.4, -0.2) is 9.97 Å². The summed E-state index contributed by atoms with van der Waals surface area (Å²) in [5, 5.41) is 1.68. The van der Waals surface area contributed by atoms with Crippen LogP contribution in [0.2, 0.25) is 0 Å². The SMILES string of the molecule is Nc1ccc(Sc2ccccn2)nc1N. The van der Waals surface area contributed by atoms with Crippen LogP contribution in [0.3, 0.4) is 0 Å². The van der Waals surface area contributed by atoms with E-state index < -0.39 is 0 Å². The fraction of sp³-hybridized carbons (Fsp3) is 0. The molecule has 4 N–H and O–H groups in total. The Morgan fingerprint density at radius 2 is 1.87 bits per heavy atom. The largest absolute Gasteiger partial charge is 0.396 e. The monoisotopic (exact) mass is 218 g/mol. The Labute approximate surface area is 91.7 Å². The number of anilines is 2. The lowest BCUT2D eigenvalue weighted by Gasteiger charge is -2.02. The van der Waals surface area contributed by atoms with Crippen LogP contribution in [0.25, 0.3) is 0 Å². The Balaban J connectivity index is 2.22. The van der Waals surface area contributed by atoms with Gasteiger partial charge >= 0.3 is 0 Å². The van der Waals surface area contributed by atoms with Gasteiger partial charge in [0.25, 0.3) is 0 Å². The smallest absolute Gasteiger partial charge is 0.147 e. The number of hydrogen-bond donors (Lipinski definition) is 2. The van der Waals surface area contributed by atoms with Gasteiger partial charge in [0.2, 0.25) is 0 Å². The highest BCUT2D eigenvalue weighted by Crippen LogP contribution is 2.25. The maximum Gasteiger partial charge on any atom is 0.147 e. The summed E-state index contributed by atoms with van der Waals surface area (Å²) in [5.41, 5.74) is 11.7. The maximum atomic E-state index is 5.60. The molecule has 2 heterocycles. The lowest BCUT2D eigenvalue weighted by atomic mass is 10.4. The molecule has 0 aromatic carbocycles. The highest BCUT2D eigenvalue weighted by atomic mass is 32.2. The van der Waals surface area contributed by atoms with Gasteiger partial charge in [-0.05, 0) is 24.3 Å². The van der Waals surface area contributed by atoms with Crippen LogP contribution in [0.4, 0.5) is 11.5 Å². The van der Waals surface area contributed by atoms with Crippen LogP contribution in [0.15, 0.2) is 46.6 Å². The van der Waals surface area contributed by atoms with Crippen molar-refractivity contribution >= 4 is 23.3 Å².